The van der Waals surface area contributed by atoms with Gasteiger partial charge in [0, 0.05) is 6.04 Å². The van der Waals surface area contributed by atoms with Gasteiger partial charge < -0.3 is 17.2 Å². The summed E-state index contributed by atoms with van der Waals surface area (Å²) in [6.07, 6.45) is 4.89. The molecule has 8 heteroatoms. The summed E-state index contributed by atoms with van der Waals surface area (Å²) in [5.41, 5.74) is 17.1. The minimum Gasteiger partial charge on any atom is -0.370 e. The van der Waals surface area contributed by atoms with Crippen LogP contribution in [0.5, 0.6) is 0 Å². The largest absolute Gasteiger partial charge is 0.370 e. The Morgan fingerprint density at radius 3 is 2.42 bits per heavy atom. The molecule has 0 aromatic heterocycles. The summed E-state index contributed by atoms with van der Waals surface area (Å²) in [4.78, 5) is 34.6. The van der Waals surface area contributed by atoms with Gasteiger partial charge in [-0.15, -0.1) is 0 Å². The summed E-state index contributed by atoms with van der Waals surface area (Å²) in [5.74, 6) is -0.979. The Morgan fingerprint density at radius 2 is 1.75 bits per heavy atom. The molecule has 8 nitrogen and oxygen atoms in total. The Morgan fingerprint density at radius 1 is 1.04 bits per heavy atom. The molecule has 0 atom stereocenters. The van der Waals surface area contributed by atoms with E-state index in [2.05, 4.69) is 9.98 Å². The second-order valence-corrected chi connectivity index (χ2v) is 5.98. The summed E-state index contributed by atoms with van der Waals surface area (Å²) in [6.45, 7) is 0. The number of aliphatic imine (C=N–C) groups is 2. The molecule has 1 fully saturated rings. The zero-order valence-electron chi connectivity index (χ0n) is 13.2. The third kappa shape index (κ3) is 2.82. The highest BCUT2D eigenvalue weighted by atomic mass is 16.2. The van der Waals surface area contributed by atoms with Crippen molar-refractivity contribution in [1.29, 1.82) is 0 Å². The van der Waals surface area contributed by atoms with Crippen molar-refractivity contribution in [1.82, 2.24) is 4.90 Å². The minimum atomic E-state index is -0.321. The predicted octanol–water partition coefficient (Wildman–Crippen LogP) is 0.835. The summed E-state index contributed by atoms with van der Waals surface area (Å²) >= 11 is 0. The Labute approximate surface area is 139 Å². The average molecular weight is 328 g/mol. The van der Waals surface area contributed by atoms with Crippen molar-refractivity contribution in [3.63, 3.8) is 0 Å². The van der Waals surface area contributed by atoms with Crippen molar-refractivity contribution in [2.75, 3.05) is 0 Å². The van der Waals surface area contributed by atoms with Gasteiger partial charge in [-0.2, -0.15) is 4.99 Å². The van der Waals surface area contributed by atoms with Crippen LogP contribution in [0.15, 0.2) is 28.2 Å². The summed E-state index contributed by atoms with van der Waals surface area (Å²) in [7, 11) is 0. The summed E-state index contributed by atoms with van der Waals surface area (Å²) in [6, 6.07) is 4.87. The quantitative estimate of drug-likeness (QED) is 0.419. The van der Waals surface area contributed by atoms with Crippen LogP contribution >= 0.6 is 0 Å². The van der Waals surface area contributed by atoms with Crippen molar-refractivity contribution >= 4 is 29.4 Å². The molecule has 1 aliphatic heterocycles. The molecule has 0 spiro atoms. The van der Waals surface area contributed by atoms with Gasteiger partial charge in [-0.25, -0.2) is 4.99 Å². The number of nitrogens with zero attached hydrogens (tertiary/aromatic N) is 3. The number of guanidine groups is 2. The van der Waals surface area contributed by atoms with Crippen LogP contribution in [0.2, 0.25) is 0 Å². The number of amides is 2. The number of nitrogens with two attached hydrogens (primary N) is 3. The Kier molecular flexibility index (Phi) is 4.20. The molecule has 1 heterocycles. The topological polar surface area (TPSA) is 140 Å². The van der Waals surface area contributed by atoms with E-state index in [0.29, 0.717) is 11.3 Å². The Bertz CT molecular complexity index is 745. The fourth-order valence-corrected chi connectivity index (χ4v) is 3.33. The van der Waals surface area contributed by atoms with Crippen LogP contribution in [0.1, 0.15) is 52.8 Å². The van der Waals surface area contributed by atoms with E-state index in [4.69, 9.17) is 17.2 Å². The maximum atomic E-state index is 12.8. The molecular weight excluding hydrogens is 308 g/mol. The molecule has 3 rings (SSSR count). The number of rotatable bonds is 2. The molecule has 126 valence electrons. The first-order valence-electron chi connectivity index (χ1n) is 7.93. The van der Waals surface area contributed by atoms with Crippen LogP contribution in [0.3, 0.4) is 0 Å². The molecule has 0 bridgehead atoms. The van der Waals surface area contributed by atoms with Gasteiger partial charge in [0.15, 0.2) is 5.96 Å². The number of benzene rings is 1. The van der Waals surface area contributed by atoms with Gasteiger partial charge in [-0.05, 0) is 25.0 Å². The maximum Gasteiger partial charge on any atom is 0.264 e. The van der Waals surface area contributed by atoms with E-state index in [1.54, 1.807) is 18.2 Å². The fourth-order valence-electron chi connectivity index (χ4n) is 3.33. The fraction of sp³-hybridized carbons (Fsp3) is 0.375. The molecular formula is C16H20N6O2. The van der Waals surface area contributed by atoms with Crippen molar-refractivity contribution in [3.8, 4) is 0 Å². The number of hydrogen-bond donors (Lipinski definition) is 3. The third-order valence-electron chi connectivity index (χ3n) is 4.34. The highest BCUT2D eigenvalue weighted by Gasteiger charge is 2.41. The lowest BCUT2D eigenvalue weighted by Gasteiger charge is -2.29. The molecule has 0 radical (unpaired) electrons. The highest BCUT2D eigenvalue weighted by Crippen LogP contribution is 2.35. The van der Waals surface area contributed by atoms with Crippen molar-refractivity contribution < 1.29 is 9.59 Å². The van der Waals surface area contributed by atoms with Crippen LogP contribution in [0.4, 0.5) is 5.69 Å². The predicted molar refractivity (Wildman–Crippen MR) is 90.9 cm³/mol. The van der Waals surface area contributed by atoms with Crippen LogP contribution in [-0.4, -0.2) is 34.7 Å². The van der Waals surface area contributed by atoms with Gasteiger partial charge in [0.1, 0.15) is 0 Å². The van der Waals surface area contributed by atoms with E-state index in [0.717, 1.165) is 32.1 Å². The maximum absolute atomic E-state index is 12.8. The number of fused-ring (bicyclic) bond motifs is 1. The van der Waals surface area contributed by atoms with Gasteiger partial charge in [0.25, 0.3) is 11.8 Å². The standard InChI is InChI=1S/C16H20N6O2/c17-15(18)21-16(19)20-11-8-4-7-10-12(11)14(24)22(13(10)23)9-5-2-1-3-6-9/h4,7-9H,1-3,5-6H2,(H6,17,18,19,20,21). The van der Waals surface area contributed by atoms with Crippen LogP contribution in [0.25, 0.3) is 0 Å². The molecule has 1 aliphatic carbocycles. The molecule has 6 N–H and O–H groups in total. The second kappa shape index (κ2) is 6.31. The van der Waals surface area contributed by atoms with Crippen molar-refractivity contribution in [2.24, 2.45) is 27.2 Å². The van der Waals surface area contributed by atoms with E-state index in [9.17, 15) is 9.59 Å². The molecule has 1 aromatic carbocycles. The monoisotopic (exact) mass is 328 g/mol. The summed E-state index contributed by atoms with van der Waals surface area (Å²) in [5, 5.41) is 0. The Balaban J connectivity index is 1.99. The molecule has 2 amide bonds. The van der Waals surface area contributed by atoms with Crippen LogP contribution in [0, 0.1) is 0 Å². The first kappa shape index (κ1) is 16.0. The lowest BCUT2D eigenvalue weighted by Crippen LogP contribution is -2.40. The highest BCUT2D eigenvalue weighted by molar-refractivity contribution is 6.24. The van der Waals surface area contributed by atoms with E-state index >= 15 is 0 Å². The molecule has 0 saturated heterocycles. The smallest absolute Gasteiger partial charge is 0.264 e. The van der Waals surface area contributed by atoms with E-state index < -0.39 is 0 Å². The normalized spacial score (nSPS) is 18.7. The number of imide groups is 1. The lowest BCUT2D eigenvalue weighted by molar-refractivity contribution is 0.0549. The number of carbonyl (C=O) groups excluding carboxylic acids is 2. The van der Waals surface area contributed by atoms with Gasteiger partial charge >= 0.3 is 0 Å². The Hall–Kier alpha value is -2.90. The van der Waals surface area contributed by atoms with Crippen molar-refractivity contribution in [2.45, 2.75) is 38.1 Å². The minimum absolute atomic E-state index is 0.0435. The third-order valence-corrected chi connectivity index (χ3v) is 4.34. The van der Waals surface area contributed by atoms with Gasteiger partial charge in [-0.3, -0.25) is 14.5 Å². The molecule has 0 unspecified atom stereocenters. The zero-order chi connectivity index (χ0) is 17.3. The molecule has 1 saturated carbocycles. The first-order chi connectivity index (χ1) is 11.5. The lowest BCUT2D eigenvalue weighted by atomic mass is 9.94. The van der Waals surface area contributed by atoms with E-state index in [1.807, 2.05) is 0 Å². The molecule has 2 aliphatic rings. The van der Waals surface area contributed by atoms with Gasteiger partial charge in [0.05, 0.1) is 16.8 Å². The van der Waals surface area contributed by atoms with E-state index in [-0.39, 0.29) is 35.3 Å². The van der Waals surface area contributed by atoms with E-state index in [1.165, 1.54) is 4.90 Å². The summed E-state index contributed by atoms with van der Waals surface area (Å²) < 4.78 is 0. The molecule has 24 heavy (non-hydrogen) atoms. The van der Waals surface area contributed by atoms with Crippen LogP contribution < -0.4 is 17.2 Å². The number of carbonyl (C=O) groups is 2. The molecule has 1 aromatic rings. The van der Waals surface area contributed by atoms with Crippen molar-refractivity contribution in [3.05, 3.63) is 29.3 Å². The SMILES string of the molecule is NC(N)=NC(N)=Nc1cccc2c1C(=O)N(C1CCCCC1)C2=O. The average Bonchev–Trinajstić information content (AvgIpc) is 2.80. The number of hydrogen-bond acceptors (Lipinski definition) is 3. The second-order valence-electron chi connectivity index (χ2n) is 5.98. The zero-order valence-corrected chi connectivity index (χ0v) is 13.2. The van der Waals surface area contributed by atoms with Crippen LogP contribution in [-0.2, 0) is 0 Å². The van der Waals surface area contributed by atoms with Gasteiger partial charge in [0.2, 0.25) is 5.96 Å². The van der Waals surface area contributed by atoms with Gasteiger partial charge in [-0.1, -0.05) is 25.3 Å². The first-order valence-corrected chi connectivity index (χ1v) is 7.93.